The molecule has 0 aliphatic heterocycles. The summed E-state index contributed by atoms with van der Waals surface area (Å²) < 4.78 is 4.03. The molecular formula is C12H18N4S. The van der Waals surface area contributed by atoms with E-state index in [1.807, 2.05) is 0 Å². The maximum Gasteiger partial charge on any atom is 0.157 e. The van der Waals surface area contributed by atoms with E-state index in [2.05, 4.69) is 29.6 Å². The molecule has 0 bridgehead atoms. The summed E-state index contributed by atoms with van der Waals surface area (Å²) >= 11 is 1.29. The summed E-state index contributed by atoms with van der Waals surface area (Å²) in [4.78, 5) is 0. The smallest absolute Gasteiger partial charge is 0.157 e. The second kappa shape index (κ2) is 4.92. The molecule has 0 spiro atoms. The van der Waals surface area contributed by atoms with Crippen molar-refractivity contribution in [3.8, 4) is 6.07 Å². The molecular weight excluding hydrogens is 232 g/mol. The molecule has 1 aromatic rings. The molecule has 3 unspecified atom stereocenters. The van der Waals surface area contributed by atoms with E-state index >= 15 is 0 Å². The van der Waals surface area contributed by atoms with Crippen molar-refractivity contribution in [3.05, 3.63) is 5.56 Å². The molecule has 0 amide bonds. The minimum Gasteiger partial charge on any atom is -0.382 e. The lowest BCUT2D eigenvalue weighted by atomic mass is 9.93. The monoisotopic (exact) mass is 250 g/mol. The van der Waals surface area contributed by atoms with Crippen molar-refractivity contribution < 1.29 is 0 Å². The average Bonchev–Trinajstić information content (AvgIpc) is 2.84. The molecule has 3 atom stereocenters. The molecule has 4 nitrogen and oxygen atoms in total. The van der Waals surface area contributed by atoms with Gasteiger partial charge in [0.15, 0.2) is 5.82 Å². The highest BCUT2D eigenvalue weighted by atomic mass is 32.1. The Morgan fingerprint density at radius 2 is 2.35 bits per heavy atom. The minimum atomic E-state index is 0.345. The number of anilines is 2. The molecule has 1 aliphatic carbocycles. The van der Waals surface area contributed by atoms with Gasteiger partial charge < -0.3 is 11.1 Å². The molecule has 2 rings (SSSR count). The summed E-state index contributed by atoms with van der Waals surface area (Å²) in [5.41, 5.74) is 6.15. The molecule has 1 aliphatic rings. The summed E-state index contributed by atoms with van der Waals surface area (Å²) in [6.45, 7) is 4.53. The van der Waals surface area contributed by atoms with E-state index in [0.29, 0.717) is 23.3 Å². The highest BCUT2D eigenvalue weighted by Gasteiger charge is 2.32. The average molecular weight is 250 g/mol. The second-order valence-corrected chi connectivity index (χ2v) is 5.51. The SMILES string of the molecule is CCC1CCC(Nc2snc(N)c2C#N)C1C. The number of hydrogen-bond acceptors (Lipinski definition) is 5. The van der Waals surface area contributed by atoms with Crippen LogP contribution in [-0.2, 0) is 0 Å². The Labute approximate surface area is 106 Å². The van der Waals surface area contributed by atoms with Gasteiger partial charge in [-0.3, -0.25) is 0 Å². The number of nitrogens with zero attached hydrogens (tertiary/aromatic N) is 2. The first-order valence-corrected chi connectivity index (χ1v) is 6.86. The maximum atomic E-state index is 9.02. The quantitative estimate of drug-likeness (QED) is 0.865. The lowest BCUT2D eigenvalue weighted by Gasteiger charge is -2.21. The van der Waals surface area contributed by atoms with E-state index in [9.17, 15) is 0 Å². The summed E-state index contributed by atoms with van der Waals surface area (Å²) in [6.07, 6.45) is 3.67. The van der Waals surface area contributed by atoms with Crippen LogP contribution >= 0.6 is 11.5 Å². The molecule has 17 heavy (non-hydrogen) atoms. The Morgan fingerprint density at radius 1 is 1.59 bits per heavy atom. The lowest BCUT2D eigenvalue weighted by molar-refractivity contribution is 0.392. The number of aromatic nitrogens is 1. The standard InChI is InChI=1S/C12H18N4S/c1-3-8-4-5-10(7(8)2)15-12-9(6-13)11(14)16-17-12/h7-8,10,15H,3-5H2,1-2H3,(H2,14,16). The number of nitriles is 1. The number of rotatable bonds is 3. The summed E-state index contributed by atoms with van der Waals surface area (Å²) in [7, 11) is 0. The van der Waals surface area contributed by atoms with Crippen LogP contribution in [0.5, 0.6) is 0 Å². The van der Waals surface area contributed by atoms with Crippen LogP contribution in [0.3, 0.4) is 0 Å². The molecule has 0 saturated heterocycles. The predicted octanol–water partition coefficient (Wildman–Crippen LogP) is 2.83. The van der Waals surface area contributed by atoms with E-state index < -0.39 is 0 Å². The van der Waals surface area contributed by atoms with E-state index in [0.717, 1.165) is 10.9 Å². The highest BCUT2D eigenvalue weighted by molar-refractivity contribution is 7.10. The Morgan fingerprint density at radius 3 is 2.94 bits per heavy atom. The van der Waals surface area contributed by atoms with Gasteiger partial charge >= 0.3 is 0 Å². The van der Waals surface area contributed by atoms with Crippen molar-refractivity contribution in [2.45, 2.75) is 39.2 Å². The van der Waals surface area contributed by atoms with Gasteiger partial charge in [-0.1, -0.05) is 20.3 Å². The van der Waals surface area contributed by atoms with Gasteiger partial charge in [-0.25, -0.2) is 0 Å². The minimum absolute atomic E-state index is 0.345. The van der Waals surface area contributed by atoms with Gasteiger partial charge in [-0.15, -0.1) is 0 Å². The van der Waals surface area contributed by atoms with Gasteiger partial charge in [0.1, 0.15) is 16.6 Å². The Hall–Kier alpha value is -1.28. The summed E-state index contributed by atoms with van der Waals surface area (Å²) in [5.74, 6) is 1.79. The lowest BCUT2D eigenvalue weighted by Crippen LogP contribution is -2.24. The third kappa shape index (κ3) is 2.22. The highest BCUT2D eigenvalue weighted by Crippen LogP contribution is 2.37. The van der Waals surface area contributed by atoms with Gasteiger partial charge in [-0.2, -0.15) is 9.64 Å². The first kappa shape index (κ1) is 12.2. The molecule has 0 aromatic carbocycles. The molecule has 1 fully saturated rings. The van der Waals surface area contributed by atoms with E-state index in [4.69, 9.17) is 11.0 Å². The van der Waals surface area contributed by atoms with Crippen LogP contribution in [0.4, 0.5) is 10.8 Å². The molecule has 0 radical (unpaired) electrons. The second-order valence-electron chi connectivity index (χ2n) is 4.74. The molecule has 3 N–H and O–H groups in total. The third-order valence-electron chi connectivity index (χ3n) is 3.90. The van der Waals surface area contributed by atoms with Gasteiger partial charge in [0.25, 0.3) is 0 Å². The third-order valence-corrected chi connectivity index (χ3v) is 4.69. The topological polar surface area (TPSA) is 74.7 Å². The van der Waals surface area contributed by atoms with Crippen LogP contribution in [0.1, 0.15) is 38.7 Å². The van der Waals surface area contributed by atoms with Gasteiger partial charge in [-0.05, 0) is 36.2 Å². The number of nitrogen functional groups attached to an aromatic ring is 1. The van der Waals surface area contributed by atoms with Gasteiger partial charge in [0.05, 0.1) is 0 Å². The zero-order valence-corrected chi connectivity index (χ0v) is 11.0. The molecule has 1 aromatic heterocycles. The van der Waals surface area contributed by atoms with Crippen molar-refractivity contribution in [3.63, 3.8) is 0 Å². The Kier molecular flexibility index (Phi) is 3.53. The van der Waals surface area contributed by atoms with E-state index in [1.165, 1.54) is 30.8 Å². The zero-order valence-electron chi connectivity index (χ0n) is 10.2. The van der Waals surface area contributed by atoms with Gasteiger partial charge in [0.2, 0.25) is 0 Å². The van der Waals surface area contributed by atoms with E-state index in [1.54, 1.807) is 0 Å². The zero-order chi connectivity index (χ0) is 12.4. The van der Waals surface area contributed by atoms with Crippen LogP contribution in [-0.4, -0.2) is 10.4 Å². The van der Waals surface area contributed by atoms with Crippen molar-refractivity contribution in [2.24, 2.45) is 11.8 Å². The molecule has 5 heteroatoms. The largest absolute Gasteiger partial charge is 0.382 e. The van der Waals surface area contributed by atoms with Crippen LogP contribution in [0.25, 0.3) is 0 Å². The fourth-order valence-electron chi connectivity index (χ4n) is 2.70. The normalized spacial score (nSPS) is 27.9. The molecule has 92 valence electrons. The number of nitrogens with one attached hydrogen (secondary N) is 1. The Balaban J connectivity index is 2.09. The van der Waals surface area contributed by atoms with Crippen LogP contribution in [0, 0.1) is 23.2 Å². The van der Waals surface area contributed by atoms with E-state index in [-0.39, 0.29) is 0 Å². The van der Waals surface area contributed by atoms with Gasteiger partial charge in [0, 0.05) is 6.04 Å². The summed E-state index contributed by atoms with van der Waals surface area (Å²) in [5, 5.41) is 13.3. The Bertz CT molecular complexity index is 434. The fourth-order valence-corrected chi connectivity index (χ4v) is 3.43. The first-order chi connectivity index (χ1) is 8.17. The fraction of sp³-hybridized carbons (Fsp3) is 0.667. The summed E-state index contributed by atoms with van der Waals surface area (Å²) in [6, 6.07) is 2.57. The van der Waals surface area contributed by atoms with Crippen molar-refractivity contribution in [2.75, 3.05) is 11.1 Å². The number of nitrogens with two attached hydrogens (primary N) is 1. The predicted molar refractivity (Wildman–Crippen MR) is 70.8 cm³/mol. The molecule has 1 heterocycles. The van der Waals surface area contributed by atoms with Crippen molar-refractivity contribution >= 4 is 22.4 Å². The molecule has 1 saturated carbocycles. The van der Waals surface area contributed by atoms with Crippen molar-refractivity contribution in [1.29, 1.82) is 5.26 Å². The first-order valence-electron chi connectivity index (χ1n) is 6.09. The van der Waals surface area contributed by atoms with Crippen LogP contribution in [0.2, 0.25) is 0 Å². The van der Waals surface area contributed by atoms with Crippen molar-refractivity contribution in [1.82, 2.24) is 4.37 Å². The van der Waals surface area contributed by atoms with Crippen LogP contribution < -0.4 is 11.1 Å². The number of hydrogen-bond donors (Lipinski definition) is 2. The maximum absolute atomic E-state index is 9.02. The van der Waals surface area contributed by atoms with Crippen LogP contribution in [0.15, 0.2) is 0 Å².